The summed E-state index contributed by atoms with van der Waals surface area (Å²) in [6.45, 7) is 3.92. The first kappa shape index (κ1) is 24.7. The number of phenols is 3. The zero-order valence-corrected chi connectivity index (χ0v) is 19.0. The van der Waals surface area contributed by atoms with E-state index in [1.54, 1.807) is 61.1 Å². The van der Waals surface area contributed by atoms with E-state index in [-0.39, 0.29) is 17.2 Å². The molecule has 0 aliphatic carbocycles. The van der Waals surface area contributed by atoms with Gasteiger partial charge in [-0.2, -0.15) is 0 Å². The van der Waals surface area contributed by atoms with Gasteiger partial charge < -0.3 is 15.3 Å². The Morgan fingerprint density at radius 3 is 1.59 bits per heavy atom. The molecule has 34 heavy (non-hydrogen) atoms. The van der Waals surface area contributed by atoms with Crippen molar-refractivity contribution in [2.24, 2.45) is 15.0 Å². The Balaban J connectivity index is 1.53. The normalized spacial score (nSPS) is 11.9. The number of nitrogens with zero attached hydrogens (tertiary/aromatic N) is 4. The summed E-state index contributed by atoms with van der Waals surface area (Å²) in [7, 11) is 0. The predicted molar refractivity (Wildman–Crippen MR) is 138 cm³/mol. The molecule has 0 amide bonds. The summed E-state index contributed by atoms with van der Waals surface area (Å²) in [6, 6.07) is 21.2. The third-order valence-corrected chi connectivity index (χ3v) is 5.08. The zero-order chi connectivity index (χ0) is 24.0. The standard InChI is InChI=1S/C27H30N4O3/c32-25-9-5-6-22(18-25)19-28-12-15-31(16-13-29-20-23-7-1-3-10-26(23)33)17-14-30-21-24-8-2-4-11-27(24)34/h1-11,18-21,32-34H,12-17H2/b28-19+,29-20+,30-21+. The lowest BCUT2D eigenvalue weighted by molar-refractivity contribution is 0.298. The van der Waals surface area contributed by atoms with Crippen molar-refractivity contribution in [3.63, 3.8) is 0 Å². The molecule has 3 aromatic rings. The molecule has 0 bridgehead atoms. The number of benzene rings is 3. The Labute approximate surface area is 200 Å². The molecule has 3 N–H and O–H groups in total. The monoisotopic (exact) mass is 458 g/mol. The number of rotatable bonds is 12. The van der Waals surface area contributed by atoms with Gasteiger partial charge in [0.15, 0.2) is 0 Å². The van der Waals surface area contributed by atoms with E-state index in [1.807, 2.05) is 30.3 Å². The molecule has 0 saturated heterocycles. The van der Waals surface area contributed by atoms with Gasteiger partial charge in [0.2, 0.25) is 0 Å². The van der Waals surface area contributed by atoms with Crippen LogP contribution in [-0.4, -0.2) is 78.1 Å². The van der Waals surface area contributed by atoms with Crippen LogP contribution >= 0.6 is 0 Å². The molecule has 176 valence electrons. The van der Waals surface area contributed by atoms with Gasteiger partial charge in [-0.15, -0.1) is 0 Å². The molecule has 0 aliphatic heterocycles. The molecule has 0 aliphatic rings. The number of aromatic hydroxyl groups is 3. The van der Waals surface area contributed by atoms with Crippen LogP contribution in [0.1, 0.15) is 16.7 Å². The van der Waals surface area contributed by atoms with E-state index < -0.39 is 0 Å². The summed E-state index contributed by atoms with van der Waals surface area (Å²) in [5, 5.41) is 29.3. The topological polar surface area (TPSA) is 101 Å². The molecule has 0 heterocycles. The Kier molecular flexibility index (Phi) is 9.83. The summed E-state index contributed by atoms with van der Waals surface area (Å²) < 4.78 is 0. The highest BCUT2D eigenvalue weighted by Gasteiger charge is 2.04. The number of phenolic OH excluding ortho intramolecular Hbond substituents is 3. The van der Waals surface area contributed by atoms with Gasteiger partial charge >= 0.3 is 0 Å². The van der Waals surface area contributed by atoms with Gasteiger partial charge in [0.25, 0.3) is 0 Å². The predicted octanol–water partition coefficient (Wildman–Crippen LogP) is 3.76. The van der Waals surface area contributed by atoms with Crippen molar-refractivity contribution >= 4 is 18.6 Å². The largest absolute Gasteiger partial charge is 0.508 e. The van der Waals surface area contributed by atoms with Crippen molar-refractivity contribution < 1.29 is 15.3 Å². The fourth-order valence-electron chi connectivity index (χ4n) is 3.23. The van der Waals surface area contributed by atoms with E-state index in [0.29, 0.717) is 30.8 Å². The van der Waals surface area contributed by atoms with Crippen LogP contribution in [0.3, 0.4) is 0 Å². The van der Waals surface area contributed by atoms with Gasteiger partial charge in [-0.25, -0.2) is 0 Å². The third kappa shape index (κ3) is 8.52. The second kappa shape index (κ2) is 13.5. The minimum Gasteiger partial charge on any atom is -0.508 e. The van der Waals surface area contributed by atoms with E-state index in [2.05, 4.69) is 19.9 Å². The molecule has 0 fully saturated rings. The van der Waals surface area contributed by atoms with Gasteiger partial charge in [0.05, 0.1) is 19.6 Å². The zero-order valence-electron chi connectivity index (χ0n) is 19.0. The average molecular weight is 459 g/mol. The van der Waals surface area contributed by atoms with Crippen molar-refractivity contribution in [2.45, 2.75) is 0 Å². The van der Waals surface area contributed by atoms with Crippen LogP contribution in [0.2, 0.25) is 0 Å². The van der Waals surface area contributed by atoms with Gasteiger partial charge in [-0.1, -0.05) is 36.4 Å². The maximum atomic E-state index is 9.86. The van der Waals surface area contributed by atoms with Gasteiger partial charge in [-0.05, 0) is 42.0 Å². The second-order valence-corrected chi connectivity index (χ2v) is 7.66. The first-order chi connectivity index (χ1) is 16.6. The van der Waals surface area contributed by atoms with Gasteiger partial charge in [0.1, 0.15) is 17.2 Å². The van der Waals surface area contributed by atoms with Crippen molar-refractivity contribution in [1.82, 2.24) is 4.90 Å². The highest BCUT2D eigenvalue weighted by atomic mass is 16.3. The van der Waals surface area contributed by atoms with Gasteiger partial charge in [-0.3, -0.25) is 19.9 Å². The summed E-state index contributed by atoms with van der Waals surface area (Å²) >= 11 is 0. The lowest BCUT2D eigenvalue weighted by Gasteiger charge is -2.19. The first-order valence-corrected chi connectivity index (χ1v) is 11.2. The molecule has 7 nitrogen and oxygen atoms in total. The van der Waals surface area contributed by atoms with Crippen LogP contribution in [0.5, 0.6) is 17.2 Å². The van der Waals surface area contributed by atoms with Crippen LogP contribution < -0.4 is 0 Å². The summed E-state index contributed by atoms with van der Waals surface area (Å²) in [6.07, 6.45) is 5.12. The molecule has 0 aromatic heterocycles. The number of aliphatic imine (C=N–C) groups is 3. The molecule has 7 heteroatoms. The fourth-order valence-corrected chi connectivity index (χ4v) is 3.23. The summed E-state index contributed by atoms with van der Waals surface area (Å²) in [5.41, 5.74) is 2.24. The highest BCUT2D eigenvalue weighted by molar-refractivity contribution is 5.83. The minimum absolute atomic E-state index is 0.211. The number of hydrogen-bond acceptors (Lipinski definition) is 7. The van der Waals surface area contributed by atoms with Crippen molar-refractivity contribution in [3.8, 4) is 17.2 Å². The summed E-state index contributed by atoms with van der Waals surface area (Å²) in [4.78, 5) is 15.6. The molecule has 0 radical (unpaired) electrons. The van der Waals surface area contributed by atoms with Crippen LogP contribution in [0.4, 0.5) is 0 Å². The Morgan fingerprint density at radius 1 is 0.588 bits per heavy atom. The SMILES string of the molecule is Oc1cccc(/C=N/CCN(CC/N=C/c2ccccc2O)CC/N=C/c2ccccc2O)c1. The average Bonchev–Trinajstić information content (AvgIpc) is 2.83. The van der Waals surface area contributed by atoms with E-state index >= 15 is 0 Å². The molecular weight excluding hydrogens is 428 g/mol. The van der Waals surface area contributed by atoms with Crippen molar-refractivity contribution in [3.05, 3.63) is 89.5 Å². The van der Waals surface area contributed by atoms with Crippen LogP contribution in [0, 0.1) is 0 Å². The maximum Gasteiger partial charge on any atom is 0.124 e. The highest BCUT2D eigenvalue weighted by Crippen LogP contribution is 2.13. The molecule has 0 spiro atoms. The van der Waals surface area contributed by atoms with E-state index in [4.69, 9.17) is 0 Å². The lowest BCUT2D eigenvalue weighted by atomic mass is 10.2. The molecule has 0 unspecified atom stereocenters. The van der Waals surface area contributed by atoms with Crippen LogP contribution in [0.25, 0.3) is 0 Å². The minimum atomic E-state index is 0.211. The summed E-state index contributed by atoms with van der Waals surface area (Å²) in [5.74, 6) is 0.640. The second-order valence-electron chi connectivity index (χ2n) is 7.66. The Bertz CT molecular complexity index is 1070. The molecule has 3 aromatic carbocycles. The van der Waals surface area contributed by atoms with Crippen molar-refractivity contribution in [1.29, 1.82) is 0 Å². The van der Waals surface area contributed by atoms with E-state index in [9.17, 15) is 15.3 Å². The lowest BCUT2D eigenvalue weighted by Crippen LogP contribution is -2.31. The van der Waals surface area contributed by atoms with Crippen molar-refractivity contribution in [2.75, 3.05) is 39.3 Å². The molecular formula is C27H30N4O3. The Morgan fingerprint density at radius 2 is 1.09 bits per heavy atom. The number of para-hydroxylation sites is 2. The molecule has 0 atom stereocenters. The maximum absolute atomic E-state index is 9.86. The van der Waals surface area contributed by atoms with Crippen LogP contribution in [-0.2, 0) is 0 Å². The van der Waals surface area contributed by atoms with Gasteiger partial charge in [0, 0.05) is 49.4 Å². The number of hydrogen-bond donors (Lipinski definition) is 3. The fraction of sp³-hybridized carbons (Fsp3) is 0.222. The van der Waals surface area contributed by atoms with E-state index in [1.165, 1.54) is 0 Å². The molecule has 0 saturated carbocycles. The van der Waals surface area contributed by atoms with Crippen LogP contribution in [0.15, 0.2) is 87.8 Å². The third-order valence-electron chi connectivity index (χ3n) is 5.08. The first-order valence-electron chi connectivity index (χ1n) is 11.2. The Hall–Kier alpha value is -3.97. The molecule has 3 rings (SSSR count). The quantitative estimate of drug-likeness (QED) is 0.360. The van der Waals surface area contributed by atoms with E-state index in [0.717, 1.165) is 25.2 Å². The smallest absolute Gasteiger partial charge is 0.124 e.